The first-order valence-electron chi connectivity index (χ1n) is 13.7. The Kier molecular flexibility index (Phi) is 13.0. The van der Waals surface area contributed by atoms with Gasteiger partial charge in [-0.15, -0.1) is 6.58 Å². The number of nitrogens with one attached hydrogen (secondary N) is 1. The highest BCUT2D eigenvalue weighted by Crippen LogP contribution is 2.31. The lowest BCUT2D eigenvalue weighted by molar-refractivity contribution is -0.142. The molecule has 0 spiro atoms. The summed E-state index contributed by atoms with van der Waals surface area (Å²) in [7, 11) is 3.45. The summed E-state index contributed by atoms with van der Waals surface area (Å²) in [4.78, 5) is 43.5. The summed E-state index contributed by atoms with van der Waals surface area (Å²) in [6.45, 7) is 30.9. The van der Waals surface area contributed by atoms with Crippen LogP contribution in [0.4, 0.5) is 0 Å². The molecule has 224 valence electrons. The van der Waals surface area contributed by atoms with Gasteiger partial charge in [0.25, 0.3) is 0 Å². The second-order valence-corrected chi connectivity index (χ2v) is 13.2. The van der Waals surface area contributed by atoms with E-state index in [2.05, 4.69) is 18.5 Å². The lowest BCUT2D eigenvalue weighted by Gasteiger charge is -2.42. The number of carbonyl (C=O) groups excluding carboxylic acids is 3. The Morgan fingerprint density at radius 2 is 1.49 bits per heavy atom. The number of likely N-dealkylation sites (N-methyl/N-ethyl adjacent to an activating group) is 2. The summed E-state index contributed by atoms with van der Waals surface area (Å²) >= 11 is 0. The van der Waals surface area contributed by atoms with Crippen molar-refractivity contribution in [2.75, 3.05) is 20.7 Å². The molecule has 3 atom stereocenters. The maximum Gasteiger partial charge on any atom is 0.333 e. The van der Waals surface area contributed by atoms with Gasteiger partial charge >= 0.3 is 5.97 Å². The molecular formula is C31H55N3O5. The number of carbonyl (C=O) groups is 3. The van der Waals surface area contributed by atoms with Crippen molar-refractivity contribution in [3.63, 3.8) is 0 Å². The van der Waals surface area contributed by atoms with Crippen molar-refractivity contribution in [3.05, 3.63) is 36.8 Å². The van der Waals surface area contributed by atoms with Crippen molar-refractivity contribution < 1.29 is 23.9 Å². The topological polar surface area (TPSA) is 88.2 Å². The van der Waals surface area contributed by atoms with E-state index in [1.165, 1.54) is 0 Å². The van der Waals surface area contributed by atoms with E-state index in [4.69, 9.17) is 9.47 Å². The lowest BCUT2D eigenvalue weighted by atomic mass is 9.81. The van der Waals surface area contributed by atoms with Crippen LogP contribution in [-0.4, -0.2) is 72.0 Å². The Morgan fingerprint density at radius 1 is 0.974 bits per heavy atom. The van der Waals surface area contributed by atoms with E-state index < -0.39 is 34.5 Å². The van der Waals surface area contributed by atoms with Gasteiger partial charge in [-0.25, -0.2) is 4.79 Å². The minimum absolute atomic E-state index is 0.0103. The number of hydrogen-bond acceptors (Lipinski definition) is 6. The highest BCUT2D eigenvalue weighted by molar-refractivity contribution is 5.91. The van der Waals surface area contributed by atoms with Crippen molar-refractivity contribution >= 4 is 17.8 Å². The third kappa shape index (κ3) is 10.7. The molecule has 8 heteroatoms. The average molecular weight is 550 g/mol. The van der Waals surface area contributed by atoms with Gasteiger partial charge in [-0.1, -0.05) is 60.6 Å². The fourth-order valence-electron chi connectivity index (χ4n) is 4.23. The SMILES string of the molecule is C=CC(C)(C)C(C(=O)N[C@H](C(=O)N(C)[C@H](/C=C(\C)C(=O)OCC)C(C)C)C(C)(C)C)N(C)C(=C)OC(C)(C)C. The van der Waals surface area contributed by atoms with E-state index in [-0.39, 0.29) is 30.4 Å². The molecule has 0 aliphatic rings. The van der Waals surface area contributed by atoms with Gasteiger partial charge in [-0.3, -0.25) is 9.59 Å². The first-order valence-corrected chi connectivity index (χ1v) is 13.7. The summed E-state index contributed by atoms with van der Waals surface area (Å²) in [5, 5.41) is 3.04. The molecule has 0 bridgehead atoms. The third-order valence-corrected chi connectivity index (χ3v) is 6.58. The van der Waals surface area contributed by atoms with E-state index in [0.29, 0.717) is 11.5 Å². The minimum Gasteiger partial charge on any atom is -0.474 e. The molecule has 0 fully saturated rings. The van der Waals surface area contributed by atoms with Gasteiger partial charge in [0, 0.05) is 25.1 Å². The van der Waals surface area contributed by atoms with E-state index in [0.717, 1.165) is 0 Å². The maximum absolute atomic E-state index is 14.0. The summed E-state index contributed by atoms with van der Waals surface area (Å²) in [6.07, 6.45) is 3.48. The second kappa shape index (κ2) is 14.0. The average Bonchev–Trinajstić information content (AvgIpc) is 2.77. The molecular weight excluding hydrogens is 494 g/mol. The molecule has 0 aromatic carbocycles. The van der Waals surface area contributed by atoms with E-state index in [9.17, 15) is 14.4 Å². The number of rotatable bonds is 13. The van der Waals surface area contributed by atoms with Crippen molar-refractivity contribution in [2.45, 2.75) is 107 Å². The zero-order valence-corrected chi connectivity index (χ0v) is 27.0. The van der Waals surface area contributed by atoms with Crippen molar-refractivity contribution in [2.24, 2.45) is 16.7 Å². The monoisotopic (exact) mass is 549 g/mol. The largest absolute Gasteiger partial charge is 0.474 e. The fourth-order valence-corrected chi connectivity index (χ4v) is 4.23. The summed E-state index contributed by atoms with van der Waals surface area (Å²) in [5.41, 5.74) is -1.36. The summed E-state index contributed by atoms with van der Waals surface area (Å²) < 4.78 is 11.1. The van der Waals surface area contributed by atoms with Gasteiger partial charge < -0.3 is 24.6 Å². The molecule has 0 aromatic rings. The van der Waals surface area contributed by atoms with Crippen LogP contribution in [0.1, 0.15) is 83.1 Å². The minimum atomic E-state index is -0.846. The van der Waals surface area contributed by atoms with E-state index in [1.807, 2.05) is 69.2 Å². The number of hydrogen-bond donors (Lipinski definition) is 1. The van der Waals surface area contributed by atoms with Crippen LogP contribution in [0.5, 0.6) is 0 Å². The van der Waals surface area contributed by atoms with Crippen LogP contribution in [0.3, 0.4) is 0 Å². The van der Waals surface area contributed by atoms with Crippen LogP contribution >= 0.6 is 0 Å². The molecule has 0 saturated heterocycles. The van der Waals surface area contributed by atoms with E-state index >= 15 is 0 Å². The maximum atomic E-state index is 14.0. The first kappa shape index (κ1) is 36.2. The predicted octanol–water partition coefficient (Wildman–Crippen LogP) is 5.31. The van der Waals surface area contributed by atoms with Crippen molar-refractivity contribution in [1.82, 2.24) is 15.1 Å². The fraction of sp³-hybridized carbons (Fsp3) is 0.710. The van der Waals surface area contributed by atoms with Crippen molar-refractivity contribution in [3.8, 4) is 0 Å². The Hall–Kier alpha value is -2.77. The van der Waals surface area contributed by atoms with Gasteiger partial charge in [0.15, 0.2) is 5.88 Å². The van der Waals surface area contributed by atoms with Crippen LogP contribution in [0.15, 0.2) is 36.8 Å². The predicted molar refractivity (Wildman–Crippen MR) is 159 cm³/mol. The number of esters is 1. The highest BCUT2D eigenvalue weighted by Gasteiger charge is 2.43. The van der Waals surface area contributed by atoms with Gasteiger partial charge in [0.2, 0.25) is 11.8 Å². The van der Waals surface area contributed by atoms with Gasteiger partial charge in [-0.05, 0) is 52.5 Å². The van der Waals surface area contributed by atoms with Gasteiger partial charge in [0.1, 0.15) is 17.7 Å². The van der Waals surface area contributed by atoms with Crippen LogP contribution in [-0.2, 0) is 23.9 Å². The zero-order chi connectivity index (χ0) is 31.1. The zero-order valence-electron chi connectivity index (χ0n) is 27.0. The third-order valence-electron chi connectivity index (χ3n) is 6.58. The molecule has 8 nitrogen and oxygen atoms in total. The highest BCUT2D eigenvalue weighted by atomic mass is 16.5. The molecule has 1 unspecified atom stereocenters. The summed E-state index contributed by atoms with van der Waals surface area (Å²) in [5.74, 6) is -0.670. The molecule has 0 aromatic heterocycles. The Morgan fingerprint density at radius 3 is 1.87 bits per heavy atom. The van der Waals surface area contributed by atoms with Crippen LogP contribution < -0.4 is 5.32 Å². The van der Waals surface area contributed by atoms with Gasteiger partial charge in [0.05, 0.1) is 12.6 Å². The second-order valence-electron chi connectivity index (χ2n) is 13.2. The van der Waals surface area contributed by atoms with Crippen molar-refractivity contribution in [1.29, 1.82) is 0 Å². The van der Waals surface area contributed by atoms with Crippen LogP contribution in [0.2, 0.25) is 0 Å². The normalized spacial score (nSPS) is 15.1. The molecule has 0 rings (SSSR count). The lowest BCUT2D eigenvalue weighted by Crippen LogP contribution is -2.61. The Balaban J connectivity index is 6.40. The molecule has 0 heterocycles. The standard InChI is InChI=1S/C31H55N3O5/c1-17-31(13,14)25(33(15)22(6)39-30(10,11)12)26(35)32-24(29(7,8)9)27(36)34(16)23(20(3)4)19-21(5)28(37)38-18-2/h17,19-20,23-25H,1,6,18H2,2-5,7-16H3,(H,32,35)/b21-19+/t23-,24-,25?/m1/s1. The number of amides is 2. The van der Waals surface area contributed by atoms with E-state index in [1.54, 1.807) is 49.9 Å². The smallest absolute Gasteiger partial charge is 0.333 e. The Labute approximate surface area is 237 Å². The molecule has 2 amide bonds. The molecule has 0 radical (unpaired) electrons. The number of nitrogens with zero attached hydrogens (tertiary/aromatic N) is 2. The molecule has 1 N–H and O–H groups in total. The number of ether oxygens (including phenoxy) is 2. The molecule has 39 heavy (non-hydrogen) atoms. The van der Waals surface area contributed by atoms with Crippen LogP contribution in [0.25, 0.3) is 0 Å². The van der Waals surface area contributed by atoms with Crippen LogP contribution in [0, 0.1) is 16.7 Å². The molecule has 0 aliphatic carbocycles. The quantitative estimate of drug-likeness (QED) is 0.145. The first-order chi connectivity index (χ1) is 17.5. The summed E-state index contributed by atoms with van der Waals surface area (Å²) in [6, 6.07) is -1.98. The Bertz CT molecular complexity index is 921. The molecule has 0 saturated carbocycles. The van der Waals surface area contributed by atoms with Gasteiger partial charge in [-0.2, -0.15) is 0 Å². The molecule has 0 aliphatic heterocycles.